The summed E-state index contributed by atoms with van der Waals surface area (Å²) in [6.45, 7) is 2.90. The molecular formula is C23H23N5O2S. The highest BCUT2D eigenvalue weighted by molar-refractivity contribution is 8.00. The largest absolute Gasteiger partial charge is 0.461 e. The van der Waals surface area contributed by atoms with Gasteiger partial charge in [-0.1, -0.05) is 72.4 Å². The summed E-state index contributed by atoms with van der Waals surface area (Å²) in [4.78, 5) is 15.2. The number of thioether (sulfide) groups is 1. The number of amides is 1. The first-order chi connectivity index (χ1) is 15.1. The lowest BCUT2D eigenvalue weighted by atomic mass is 10.1. The van der Waals surface area contributed by atoms with Gasteiger partial charge in [-0.05, 0) is 30.2 Å². The summed E-state index contributed by atoms with van der Waals surface area (Å²) in [7, 11) is 0. The number of rotatable bonds is 8. The molecule has 4 rings (SSSR count). The quantitative estimate of drug-likeness (QED) is 0.334. The van der Waals surface area contributed by atoms with E-state index in [4.69, 9.17) is 10.3 Å². The van der Waals surface area contributed by atoms with Crippen molar-refractivity contribution in [3.63, 3.8) is 0 Å². The van der Waals surface area contributed by atoms with E-state index in [0.717, 1.165) is 11.1 Å². The van der Waals surface area contributed by atoms with Crippen LogP contribution < -0.4 is 5.84 Å². The number of carbonyl (C=O) groups is 1. The number of aromatic nitrogens is 3. The zero-order chi connectivity index (χ0) is 21.6. The Morgan fingerprint density at radius 2 is 1.61 bits per heavy atom. The summed E-state index contributed by atoms with van der Waals surface area (Å²) in [5, 5.41) is 8.29. The Morgan fingerprint density at radius 1 is 1.00 bits per heavy atom. The fourth-order valence-corrected chi connectivity index (χ4v) is 4.07. The fraction of sp³-hybridized carbons (Fsp3) is 0.174. The molecule has 8 heteroatoms. The molecule has 2 heterocycles. The monoisotopic (exact) mass is 433 g/mol. The van der Waals surface area contributed by atoms with Crippen LogP contribution in [0.25, 0.3) is 11.6 Å². The van der Waals surface area contributed by atoms with Gasteiger partial charge in [0, 0.05) is 13.1 Å². The van der Waals surface area contributed by atoms with Gasteiger partial charge in [-0.15, -0.1) is 10.2 Å². The molecule has 7 nitrogen and oxygen atoms in total. The first kappa shape index (κ1) is 20.7. The van der Waals surface area contributed by atoms with Crippen LogP contribution in [0, 0.1) is 0 Å². The maximum atomic E-state index is 13.4. The highest BCUT2D eigenvalue weighted by Gasteiger charge is 2.25. The second-order valence-corrected chi connectivity index (χ2v) is 8.39. The molecule has 158 valence electrons. The fourth-order valence-electron chi connectivity index (χ4n) is 3.22. The minimum atomic E-state index is -0.400. The van der Waals surface area contributed by atoms with E-state index in [-0.39, 0.29) is 5.91 Å². The van der Waals surface area contributed by atoms with Crippen molar-refractivity contribution in [2.45, 2.75) is 30.4 Å². The van der Waals surface area contributed by atoms with Gasteiger partial charge in [0.15, 0.2) is 5.76 Å². The Morgan fingerprint density at radius 3 is 2.16 bits per heavy atom. The third-order valence-electron chi connectivity index (χ3n) is 4.78. The topological polar surface area (TPSA) is 90.2 Å². The number of nitrogens with two attached hydrogens (primary N) is 1. The van der Waals surface area contributed by atoms with Crippen molar-refractivity contribution in [3.05, 3.63) is 90.2 Å². The lowest BCUT2D eigenvalue weighted by Crippen LogP contribution is -2.36. The predicted molar refractivity (Wildman–Crippen MR) is 120 cm³/mol. The van der Waals surface area contributed by atoms with Crippen molar-refractivity contribution in [2.24, 2.45) is 0 Å². The summed E-state index contributed by atoms with van der Waals surface area (Å²) in [6.07, 6.45) is 1.55. The minimum Gasteiger partial charge on any atom is -0.461 e. The first-order valence-corrected chi connectivity index (χ1v) is 10.8. The summed E-state index contributed by atoms with van der Waals surface area (Å²) < 4.78 is 6.70. The molecule has 0 radical (unpaired) electrons. The van der Waals surface area contributed by atoms with Crippen LogP contribution in [0.4, 0.5) is 0 Å². The van der Waals surface area contributed by atoms with Gasteiger partial charge in [-0.25, -0.2) is 4.68 Å². The van der Waals surface area contributed by atoms with Crippen LogP contribution in [-0.2, 0) is 17.9 Å². The average molecular weight is 434 g/mol. The Hall–Kier alpha value is -3.52. The summed E-state index contributed by atoms with van der Waals surface area (Å²) in [6, 6.07) is 23.5. The Kier molecular flexibility index (Phi) is 6.37. The van der Waals surface area contributed by atoms with Crippen molar-refractivity contribution in [1.82, 2.24) is 19.8 Å². The average Bonchev–Trinajstić information content (AvgIpc) is 3.44. The Balaban J connectivity index is 1.51. The Labute approximate surface area is 184 Å². The highest BCUT2D eigenvalue weighted by Crippen LogP contribution is 2.26. The van der Waals surface area contributed by atoms with Crippen molar-refractivity contribution >= 4 is 17.7 Å². The van der Waals surface area contributed by atoms with E-state index >= 15 is 0 Å². The summed E-state index contributed by atoms with van der Waals surface area (Å²) >= 11 is 1.28. The number of hydrogen-bond donors (Lipinski definition) is 1. The summed E-state index contributed by atoms with van der Waals surface area (Å²) in [5.41, 5.74) is 2.15. The predicted octanol–water partition coefficient (Wildman–Crippen LogP) is 3.96. The molecule has 31 heavy (non-hydrogen) atoms. The van der Waals surface area contributed by atoms with E-state index in [1.807, 2.05) is 72.5 Å². The lowest BCUT2D eigenvalue weighted by Gasteiger charge is -2.26. The van der Waals surface area contributed by atoms with Gasteiger partial charge in [0.1, 0.15) is 0 Å². The molecule has 2 N–H and O–H groups in total. The van der Waals surface area contributed by atoms with Crippen LogP contribution in [0.2, 0.25) is 0 Å². The van der Waals surface area contributed by atoms with Gasteiger partial charge >= 0.3 is 0 Å². The molecule has 0 aliphatic carbocycles. The molecule has 0 fully saturated rings. The van der Waals surface area contributed by atoms with Crippen molar-refractivity contribution in [3.8, 4) is 11.6 Å². The molecule has 1 amide bonds. The van der Waals surface area contributed by atoms with E-state index in [9.17, 15) is 4.79 Å². The second kappa shape index (κ2) is 9.53. The molecule has 1 atom stereocenters. The maximum Gasteiger partial charge on any atom is 0.236 e. The van der Waals surface area contributed by atoms with E-state index < -0.39 is 5.25 Å². The molecule has 1 unspecified atom stereocenters. The van der Waals surface area contributed by atoms with Crippen molar-refractivity contribution in [1.29, 1.82) is 0 Å². The molecule has 0 aliphatic heterocycles. The zero-order valence-corrected chi connectivity index (χ0v) is 17.9. The third-order valence-corrected chi connectivity index (χ3v) is 5.82. The number of nitrogens with zero attached hydrogens (tertiary/aromatic N) is 4. The lowest BCUT2D eigenvalue weighted by molar-refractivity contribution is -0.131. The number of carbonyl (C=O) groups excluding carboxylic acids is 1. The molecule has 0 saturated heterocycles. The maximum absolute atomic E-state index is 13.4. The van der Waals surface area contributed by atoms with Gasteiger partial charge < -0.3 is 15.2 Å². The second-order valence-electron chi connectivity index (χ2n) is 7.08. The number of hydrogen-bond acceptors (Lipinski definition) is 6. The summed E-state index contributed by atoms with van der Waals surface area (Å²) in [5.74, 6) is 7.09. The van der Waals surface area contributed by atoms with E-state index in [2.05, 4.69) is 10.2 Å². The van der Waals surface area contributed by atoms with Gasteiger partial charge in [0.25, 0.3) is 0 Å². The normalized spacial score (nSPS) is 11.9. The van der Waals surface area contributed by atoms with Gasteiger partial charge in [-0.3, -0.25) is 4.79 Å². The first-order valence-electron chi connectivity index (χ1n) is 9.89. The molecular weight excluding hydrogens is 410 g/mol. The van der Waals surface area contributed by atoms with Gasteiger partial charge in [0.05, 0.1) is 11.5 Å². The van der Waals surface area contributed by atoms with E-state index in [1.54, 1.807) is 18.4 Å². The minimum absolute atomic E-state index is 0.000236. The molecule has 0 aliphatic rings. The van der Waals surface area contributed by atoms with E-state index in [0.29, 0.717) is 29.8 Å². The standard InChI is InChI=1S/C23H23N5O2S/c1-17(31-23-26-25-21(28(23)24)20-13-8-14-30-20)22(29)27(15-18-9-4-2-5-10-18)16-19-11-6-3-7-12-19/h2-14,17H,15-16,24H2,1H3. The SMILES string of the molecule is CC(Sc1nnc(-c2ccco2)n1N)C(=O)N(Cc1ccccc1)Cc1ccccc1. The molecule has 4 aromatic rings. The third kappa shape index (κ3) is 4.97. The van der Waals surface area contributed by atoms with Crippen LogP contribution in [-0.4, -0.2) is 30.9 Å². The van der Waals surface area contributed by atoms with Crippen LogP contribution in [0.15, 0.2) is 88.6 Å². The van der Waals surface area contributed by atoms with Crippen LogP contribution in [0.3, 0.4) is 0 Å². The number of furan rings is 1. The smallest absolute Gasteiger partial charge is 0.236 e. The van der Waals surface area contributed by atoms with Crippen LogP contribution in [0.5, 0.6) is 0 Å². The molecule has 0 spiro atoms. The zero-order valence-electron chi connectivity index (χ0n) is 17.1. The van der Waals surface area contributed by atoms with Crippen LogP contribution in [0.1, 0.15) is 18.1 Å². The highest BCUT2D eigenvalue weighted by atomic mass is 32.2. The number of benzene rings is 2. The number of nitrogen functional groups attached to an aromatic ring is 1. The van der Waals surface area contributed by atoms with Crippen molar-refractivity contribution in [2.75, 3.05) is 5.84 Å². The Bertz CT molecular complexity index is 1070. The molecule has 2 aromatic heterocycles. The van der Waals surface area contributed by atoms with Crippen molar-refractivity contribution < 1.29 is 9.21 Å². The molecule has 0 saturated carbocycles. The van der Waals surface area contributed by atoms with Crippen LogP contribution >= 0.6 is 11.8 Å². The molecule has 2 aromatic carbocycles. The molecule has 0 bridgehead atoms. The van der Waals surface area contributed by atoms with E-state index in [1.165, 1.54) is 16.4 Å². The van der Waals surface area contributed by atoms with Gasteiger partial charge in [-0.2, -0.15) is 0 Å². The van der Waals surface area contributed by atoms with Gasteiger partial charge in [0.2, 0.25) is 16.9 Å².